The fourth-order valence-electron chi connectivity index (χ4n) is 5.90. The largest absolute Gasteiger partial charge is 0.472 e. The fraction of sp³-hybridized carbons (Fsp3) is 0.696. The zero-order valence-corrected chi connectivity index (χ0v) is 38.0. The quantitative estimate of drug-likeness (QED) is 0.0169. The highest BCUT2D eigenvalue weighted by Crippen LogP contribution is 2.43. The van der Waals surface area contributed by atoms with Gasteiger partial charge in [0.25, 0.3) is 0 Å². The van der Waals surface area contributed by atoms with Crippen LogP contribution >= 0.6 is 7.82 Å². The summed E-state index contributed by atoms with van der Waals surface area (Å²) in [5, 5.41) is 10.1. The molecular weight excluding hydrogens is 757 g/mol. The van der Waals surface area contributed by atoms with Gasteiger partial charge in [0.15, 0.2) is 6.10 Å². The standard InChI is InChI=1S/C46H78NO10P/c1-8-10-11-12-19-24-30-41(48)31-25-20-15-13-14-16-23-28-34-46(50)56-42(38-55-58(51,52)54-36-35-47(5,6)7)37-53-45(49)33-27-22-18-17-21-26-32-44-40(4)39(3)43(57-44)29-9-2/h14-16,19-20,24-25,31,41-42,48H,8-13,17-18,21-23,26-30,32-38H2,1-7H3/p+1/b16-14-,20-15-,24-19-,31-25+/t41-,42+/m0/s1. The maximum Gasteiger partial charge on any atom is 0.472 e. The summed E-state index contributed by atoms with van der Waals surface area (Å²) in [5.74, 6) is 1.29. The molecule has 0 bridgehead atoms. The van der Waals surface area contributed by atoms with Gasteiger partial charge in [-0.1, -0.05) is 101 Å². The van der Waals surface area contributed by atoms with Gasteiger partial charge in [-0.15, -0.1) is 0 Å². The van der Waals surface area contributed by atoms with Crippen LogP contribution < -0.4 is 0 Å². The Hall–Kier alpha value is -2.79. The first-order chi connectivity index (χ1) is 27.7. The molecule has 11 nitrogen and oxygen atoms in total. The van der Waals surface area contributed by atoms with Crippen LogP contribution in [-0.2, 0) is 45.5 Å². The van der Waals surface area contributed by atoms with E-state index < -0.39 is 38.6 Å². The Labute approximate surface area is 351 Å². The predicted octanol–water partition coefficient (Wildman–Crippen LogP) is 10.5. The number of phosphoric acid groups is 1. The van der Waals surface area contributed by atoms with Crippen molar-refractivity contribution < 1.29 is 51.6 Å². The Balaban J connectivity index is 2.44. The number of rotatable bonds is 35. The Morgan fingerprint density at radius 1 is 0.741 bits per heavy atom. The summed E-state index contributed by atoms with van der Waals surface area (Å²) in [7, 11) is 1.37. The average molecular weight is 837 g/mol. The molecule has 1 aromatic rings. The Bertz CT molecular complexity index is 1420. The van der Waals surface area contributed by atoms with Gasteiger partial charge in [0.05, 0.1) is 33.9 Å². The van der Waals surface area contributed by atoms with Crippen molar-refractivity contribution in [3.63, 3.8) is 0 Å². The van der Waals surface area contributed by atoms with Crippen molar-refractivity contribution in [3.05, 3.63) is 71.3 Å². The van der Waals surface area contributed by atoms with Crippen LogP contribution in [0.5, 0.6) is 0 Å². The first-order valence-corrected chi connectivity index (χ1v) is 23.3. The van der Waals surface area contributed by atoms with E-state index in [0.717, 1.165) is 75.7 Å². The number of hydrogen-bond donors (Lipinski definition) is 2. The molecule has 0 radical (unpaired) electrons. The summed E-state index contributed by atoms with van der Waals surface area (Å²) in [5.41, 5.74) is 2.56. The lowest BCUT2D eigenvalue weighted by molar-refractivity contribution is -0.870. The van der Waals surface area contributed by atoms with Gasteiger partial charge in [0, 0.05) is 25.7 Å². The second-order valence-electron chi connectivity index (χ2n) is 16.2. The van der Waals surface area contributed by atoms with Gasteiger partial charge >= 0.3 is 19.8 Å². The van der Waals surface area contributed by atoms with E-state index in [9.17, 15) is 24.2 Å². The number of nitrogens with zero attached hydrogens (tertiary/aromatic N) is 1. The van der Waals surface area contributed by atoms with E-state index in [1.807, 2.05) is 57.6 Å². The number of carbonyl (C=O) groups is 2. The van der Waals surface area contributed by atoms with E-state index in [4.69, 9.17) is 22.9 Å². The number of aliphatic hydroxyl groups excluding tert-OH is 1. The molecule has 1 aromatic heterocycles. The summed E-state index contributed by atoms with van der Waals surface area (Å²) in [4.78, 5) is 35.4. The van der Waals surface area contributed by atoms with Crippen molar-refractivity contribution in [2.24, 2.45) is 0 Å². The summed E-state index contributed by atoms with van der Waals surface area (Å²) < 4.78 is 40.3. The molecule has 0 saturated heterocycles. The number of unbranched alkanes of at least 4 members (excludes halogenated alkanes) is 9. The Kier molecular flexibility index (Phi) is 29.4. The fourth-order valence-corrected chi connectivity index (χ4v) is 6.64. The van der Waals surface area contributed by atoms with E-state index in [1.54, 1.807) is 6.08 Å². The molecule has 3 atom stereocenters. The first kappa shape index (κ1) is 53.2. The minimum atomic E-state index is -4.42. The van der Waals surface area contributed by atoms with Crippen LogP contribution in [0.3, 0.4) is 0 Å². The molecule has 12 heteroatoms. The van der Waals surface area contributed by atoms with Crippen LogP contribution in [0.1, 0.15) is 146 Å². The second-order valence-corrected chi connectivity index (χ2v) is 17.6. The highest BCUT2D eigenvalue weighted by Gasteiger charge is 2.27. The molecule has 0 fully saturated rings. The minimum absolute atomic E-state index is 0.000212. The topological polar surface area (TPSA) is 142 Å². The summed E-state index contributed by atoms with van der Waals surface area (Å²) >= 11 is 0. The number of aliphatic hydroxyl groups is 1. The lowest BCUT2D eigenvalue weighted by Gasteiger charge is -2.24. The van der Waals surface area contributed by atoms with Crippen LogP contribution in [0.4, 0.5) is 0 Å². The molecular formula is C46H79NO10P+. The van der Waals surface area contributed by atoms with Crippen LogP contribution in [0, 0.1) is 13.8 Å². The molecule has 0 aliphatic heterocycles. The molecule has 58 heavy (non-hydrogen) atoms. The molecule has 0 aromatic carbocycles. The van der Waals surface area contributed by atoms with Gasteiger partial charge in [-0.25, -0.2) is 4.57 Å². The molecule has 0 aliphatic rings. The number of furan rings is 1. The van der Waals surface area contributed by atoms with E-state index in [0.29, 0.717) is 36.7 Å². The molecule has 1 rings (SSSR count). The molecule has 0 spiro atoms. The molecule has 0 aliphatic carbocycles. The van der Waals surface area contributed by atoms with Gasteiger partial charge in [-0.2, -0.15) is 0 Å². The van der Waals surface area contributed by atoms with E-state index in [2.05, 4.69) is 33.8 Å². The molecule has 1 unspecified atom stereocenters. The monoisotopic (exact) mass is 837 g/mol. The number of likely N-dealkylation sites (N-methyl/N-ethyl adjacent to an activating group) is 1. The smallest absolute Gasteiger partial charge is 0.466 e. The van der Waals surface area contributed by atoms with Crippen LogP contribution in [0.15, 0.2) is 53.0 Å². The van der Waals surface area contributed by atoms with Crippen molar-refractivity contribution >= 4 is 19.8 Å². The Morgan fingerprint density at radius 3 is 2.10 bits per heavy atom. The summed E-state index contributed by atoms with van der Waals surface area (Å²) in [6.07, 6.45) is 30.6. The number of aryl methyl sites for hydroxylation is 2. The van der Waals surface area contributed by atoms with E-state index in [-0.39, 0.29) is 26.1 Å². The first-order valence-electron chi connectivity index (χ1n) is 21.8. The number of phosphoric ester groups is 1. The van der Waals surface area contributed by atoms with Gasteiger partial charge in [0.2, 0.25) is 0 Å². The molecule has 0 saturated carbocycles. The minimum Gasteiger partial charge on any atom is -0.466 e. The van der Waals surface area contributed by atoms with Gasteiger partial charge in [-0.3, -0.25) is 18.6 Å². The summed E-state index contributed by atoms with van der Waals surface area (Å²) in [6, 6.07) is 0. The lowest BCUT2D eigenvalue weighted by atomic mass is 10.0. The maximum absolute atomic E-state index is 12.7. The number of ether oxygens (including phenoxy) is 2. The predicted molar refractivity (Wildman–Crippen MR) is 233 cm³/mol. The van der Waals surface area contributed by atoms with Crippen LogP contribution in [0.2, 0.25) is 0 Å². The van der Waals surface area contributed by atoms with Gasteiger partial charge in [0.1, 0.15) is 31.3 Å². The molecule has 0 amide bonds. The van der Waals surface area contributed by atoms with Gasteiger partial charge < -0.3 is 28.4 Å². The number of hydrogen-bond acceptors (Lipinski definition) is 9. The lowest BCUT2D eigenvalue weighted by Crippen LogP contribution is -2.37. The van der Waals surface area contributed by atoms with E-state index in [1.165, 1.54) is 30.4 Å². The van der Waals surface area contributed by atoms with Crippen molar-refractivity contribution in [2.45, 2.75) is 162 Å². The zero-order chi connectivity index (χ0) is 43.1. The van der Waals surface area contributed by atoms with Crippen molar-refractivity contribution in [3.8, 4) is 0 Å². The highest BCUT2D eigenvalue weighted by molar-refractivity contribution is 7.47. The molecule has 2 N–H and O–H groups in total. The third kappa shape index (κ3) is 28.6. The maximum atomic E-state index is 12.7. The third-order valence-corrected chi connectivity index (χ3v) is 10.6. The van der Waals surface area contributed by atoms with Crippen LogP contribution in [0.25, 0.3) is 0 Å². The second kappa shape index (κ2) is 32.0. The van der Waals surface area contributed by atoms with E-state index >= 15 is 0 Å². The third-order valence-electron chi connectivity index (χ3n) is 9.62. The Morgan fingerprint density at radius 2 is 1.40 bits per heavy atom. The zero-order valence-electron chi connectivity index (χ0n) is 37.1. The van der Waals surface area contributed by atoms with Crippen molar-refractivity contribution in [1.29, 1.82) is 0 Å². The number of esters is 2. The number of allylic oxidation sites excluding steroid dienone is 6. The average Bonchev–Trinajstić information content (AvgIpc) is 3.43. The normalized spacial score (nSPS) is 14.6. The van der Waals surface area contributed by atoms with Crippen LogP contribution in [-0.4, -0.2) is 86.1 Å². The van der Waals surface area contributed by atoms with Gasteiger partial charge in [-0.05, 0) is 82.8 Å². The van der Waals surface area contributed by atoms with Crippen molar-refractivity contribution in [1.82, 2.24) is 0 Å². The van der Waals surface area contributed by atoms with Crippen molar-refractivity contribution in [2.75, 3.05) is 47.5 Å². The summed E-state index contributed by atoms with van der Waals surface area (Å²) in [6.45, 7) is 8.38. The molecule has 1 heterocycles. The molecule has 332 valence electrons. The number of quaternary nitrogens is 1. The SMILES string of the molecule is CCCCC/C=C\C[C@H](O)/C=C/C=C\C/C=C\CCCC(=O)O[C@H](COC(=O)CCCCCCCCc1oc(CCC)c(C)c1C)COP(=O)(O)OCC[N+](C)(C)C. The highest BCUT2D eigenvalue weighted by atomic mass is 31.2. The number of carbonyl (C=O) groups excluding carboxylic acids is 2.